The first-order valence-electron chi connectivity index (χ1n) is 4.57. The molecule has 1 saturated heterocycles. The molecule has 2 unspecified atom stereocenters. The Labute approximate surface area is 74.6 Å². The van der Waals surface area contributed by atoms with Crippen molar-refractivity contribution in [2.75, 3.05) is 33.9 Å². The third-order valence-corrected chi connectivity index (χ3v) is 2.59. The van der Waals surface area contributed by atoms with E-state index in [9.17, 15) is 0 Å². The Morgan fingerprint density at radius 2 is 2.17 bits per heavy atom. The van der Waals surface area contributed by atoms with E-state index >= 15 is 0 Å². The van der Waals surface area contributed by atoms with E-state index in [1.807, 2.05) is 0 Å². The summed E-state index contributed by atoms with van der Waals surface area (Å²) in [6, 6.07) is 0.560. The average molecular weight is 173 g/mol. The van der Waals surface area contributed by atoms with Crippen molar-refractivity contribution in [3.63, 3.8) is 0 Å². The predicted octanol–water partition coefficient (Wildman–Crippen LogP) is 0.742. The van der Waals surface area contributed by atoms with E-state index in [1.165, 1.54) is 0 Å². The number of rotatable bonds is 4. The van der Waals surface area contributed by atoms with E-state index in [0.29, 0.717) is 12.1 Å². The van der Waals surface area contributed by atoms with Crippen LogP contribution in [0.4, 0.5) is 0 Å². The van der Waals surface area contributed by atoms with Crippen LogP contribution in [0, 0.1) is 0 Å². The van der Waals surface area contributed by atoms with Crippen molar-refractivity contribution < 1.29 is 9.47 Å². The zero-order valence-electron chi connectivity index (χ0n) is 8.25. The third-order valence-electron chi connectivity index (χ3n) is 2.59. The van der Waals surface area contributed by atoms with Crippen molar-refractivity contribution in [1.29, 1.82) is 0 Å². The van der Waals surface area contributed by atoms with Crippen LogP contribution in [0.5, 0.6) is 0 Å². The maximum Gasteiger partial charge on any atom is 0.0714 e. The quantitative estimate of drug-likeness (QED) is 0.626. The van der Waals surface area contributed by atoms with Crippen molar-refractivity contribution in [3.05, 3.63) is 0 Å². The van der Waals surface area contributed by atoms with Crippen LogP contribution in [0.15, 0.2) is 0 Å². The molecule has 0 aromatic heterocycles. The maximum atomic E-state index is 5.32. The Morgan fingerprint density at radius 3 is 2.67 bits per heavy atom. The molecule has 3 nitrogen and oxygen atoms in total. The van der Waals surface area contributed by atoms with E-state index in [2.05, 4.69) is 11.8 Å². The smallest absolute Gasteiger partial charge is 0.0714 e. The van der Waals surface area contributed by atoms with Crippen molar-refractivity contribution in [3.8, 4) is 0 Å². The summed E-state index contributed by atoms with van der Waals surface area (Å²) < 4.78 is 10.5. The highest BCUT2D eigenvalue weighted by molar-refractivity contribution is 4.84. The molecular weight excluding hydrogens is 154 g/mol. The number of likely N-dealkylation sites (N-methyl/N-ethyl adjacent to an activating group) is 1. The van der Waals surface area contributed by atoms with Gasteiger partial charge < -0.3 is 9.47 Å². The fourth-order valence-electron chi connectivity index (χ4n) is 1.86. The minimum atomic E-state index is 0.408. The van der Waals surface area contributed by atoms with Gasteiger partial charge in [-0.25, -0.2) is 0 Å². The molecule has 0 saturated carbocycles. The van der Waals surface area contributed by atoms with E-state index in [-0.39, 0.29) is 0 Å². The summed E-state index contributed by atoms with van der Waals surface area (Å²) in [6.45, 7) is 5.16. The highest BCUT2D eigenvalue weighted by atomic mass is 16.5. The molecule has 1 aliphatic rings. The lowest BCUT2D eigenvalue weighted by molar-refractivity contribution is 0.109. The molecule has 0 aromatic rings. The van der Waals surface area contributed by atoms with Gasteiger partial charge >= 0.3 is 0 Å². The molecule has 1 rings (SSSR count). The van der Waals surface area contributed by atoms with Crippen LogP contribution in [-0.2, 0) is 9.47 Å². The first-order valence-corrected chi connectivity index (χ1v) is 4.57. The molecule has 12 heavy (non-hydrogen) atoms. The van der Waals surface area contributed by atoms with Crippen LogP contribution in [0.2, 0.25) is 0 Å². The topological polar surface area (TPSA) is 21.7 Å². The number of methoxy groups -OCH3 is 2. The molecule has 3 heteroatoms. The van der Waals surface area contributed by atoms with Crippen LogP contribution in [0.1, 0.15) is 13.3 Å². The molecule has 0 aliphatic carbocycles. The highest BCUT2D eigenvalue weighted by Gasteiger charge is 2.30. The normalized spacial score (nSPS) is 31.2. The zero-order chi connectivity index (χ0) is 8.97. The lowest BCUT2D eigenvalue weighted by Crippen LogP contribution is -2.32. The van der Waals surface area contributed by atoms with Crippen LogP contribution < -0.4 is 0 Å². The summed E-state index contributed by atoms with van der Waals surface area (Å²) in [5.74, 6) is 0. The molecule has 2 atom stereocenters. The number of hydrogen-bond acceptors (Lipinski definition) is 3. The van der Waals surface area contributed by atoms with Crippen LogP contribution in [0.3, 0.4) is 0 Å². The van der Waals surface area contributed by atoms with Crippen LogP contribution in [0.25, 0.3) is 0 Å². The maximum absolute atomic E-state index is 5.32. The van der Waals surface area contributed by atoms with Gasteiger partial charge in [0.05, 0.1) is 12.7 Å². The van der Waals surface area contributed by atoms with Crippen LogP contribution >= 0.6 is 0 Å². The molecule has 0 bridgehead atoms. The van der Waals surface area contributed by atoms with E-state index in [1.54, 1.807) is 14.2 Å². The zero-order valence-corrected chi connectivity index (χ0v) is 8.25. The van der Waals surface area contributed by atoms with Gasteiger partial charge in [0.15, 0.2) is 0 Å². The first-order chi connectivity index (χ1) is 5.81. The summed E-state index contributed by atoms with van der Waals surface area (Å²) >= 11 is 0. The number of ether oxygens (including phenoxy) is 2. The molecule has 0 radical (unpaired) electrons. The van der Waals surface area contributed by atoms with E-state index in [4.69, 9.17) is 9.47 Å². The van der Waals surface area contributed by atoms with Crippen molar-refractivity contribution >= 4 is 0 Å². The Bertz CT molecular complexity index is 130. The molecule has 1 aliphatic heterocycles. The SMILES string of the molecule is CCN1CC(OC)CC1COC. The summed E-state index contributed by atoms with van der Waals surface area (Å²) in [7, 11) is 3.54. The van der Waals surface area contributed by atoms with Crippen molar-refractivity contribution in [2.45, 2.75) is 25.5 Å². The largest absolute Gasteiger partial charge is 0.383 e. The van der Waals surface area contributed by atoms with Gasteiger partial charge in [0.25, 0.3) is 0 Å². The molecule has 1 heterocycles. The van der Waals surface area contributed by atoms with Gasteiger partial charge in [0, 0.05) is 26.8 Å². The molecule has 0 spiro atoms. The van der Waals surface area contributed by atoms with Gasteiger partial charge in [-0.05, 0) is 13.0 Å². The standard InChI is InChI=1S/C9H19NO2/c1-4-10-6-9(12-3)5-8(10)7-11-2/h8-9H,4-7H2,1-3H3. The summed E-state index contributed by atoms with van der Waals surface area (Å²) in [4.78, 5) is 2.41. The Morgan fingerprint density at radius 1 is 1.42 bits per heavy atom. The van der Waals surface area contributed by atoms with Crippen molar-refractivity contribution in [2.24, 2.45) is 0 Å². The van der Waals surface area contributed by atoms with E-state index in [0.717, 1.165) is 26.1 Å². The lowest BCUT2D eigenvalue weighted by atomic mass is 10.2. The summed E-state index contributed by atoms with van der Waals surface area (Å²) in [5.41, 5.74) is 0. The number of hydrogen-bond donors (Lipinski definition) is 0. The van der Waals surface area contributed by atoms with Gasteiger partial charge in [-0.3, -0.25) is 4.90 Å². The minimum Gasteiger partial charge on any atom is -0.383 e. The fraction of sp³-hybridized carbons (Fsp3) is 1.00. The molecule has 0 N–H and O–H groups in total. The van der Waals surface area contributed by atoms with Crippen molar-refractivity contribution in [1.82, 2.24) is 4.90 Å². The number of nitrogens with zero attached hydrogens (tertiary/aromatic N) is 1. The molecule has 0 aromatic carbocycles. The minimum absolute atomic E-state index is 0.408. The van der Waals surface area contributed by atoms with Gasteiger partial charge in [-0.1, -0.05) is 6.92 Å². The van der Waals surface area contributed by atoms with Gasteiger partial charge in [-0.2, -0.15) is 0 Å². The second-order valence-electron chi connectivity index (χ2n) is 3.29. The fourth-order valence-corrected chi connectivity index (χ4v) is 1.86. The Hall–Kier alpha value is -0.120. The first kappa shape index (κ1) is 9.96. The monoisotopic (exact) mass is 173 g/mol. The van der Waals surface area contributed by atoms with Gasteiger partial charge in [0.2, 0.25) is 0 Å². The lowest BCUT2D eigenvalue weighted by Gasteiger charge is -2.20. The average Bonchev–Trinajstić information content (AvgIpc) is 2.48. The second-order valence-corrected chi connectivity index (χ2v) is 3.29. The summed E-state index contributed by atoms with van der Waals surface area (Å²) in [6.07, 6.45) is 1.52. The van der Waals surface area contributed by atoms with Gasteiger partial charge in [-0.15, -0.1) is 0 Å². The second kappa shape index (κ2) is 4.80. The molecule has 72 valence electrons. The molecular formula is C9H19NO2. The highest BCUT2D eigenvalue weighted by Crippen LogP contribution is 2.19. The van der Waals surface area contributed by atoms with Crippen LogP contribution in [-0.4, -0.2) is 51.0 Å². The number of likely N-dealkylation sites (tertiary alicyclic amines) is 1. The third kappa shape index (κ3) is 2.19. The Balaban J connectivity index is 2.39. The van der Waals surface area contributed by atoms with E-state index < -0.39 is 0 Å². The predicted molar refractivity (Wildman–Crippen MR) is 48.3 cm³/mol. The molecule has 1 fully saturated rings. The summed E-state index contributed by atoms with van der Waals surface area (Å²) in [5, 5.41) is 0. The Kier molecular flexibility index (Phi) is 3.98. The molecule has 0 amide bonds. The van der Waals surface area contributed by atoms with Gasteiger partial charge in [0.1, 0.15) is 0 Å².